The average Bonchev–Trinajstić information content (AvgIpc) is 2.47. The van der Waals surface area contributed by atoms with Gasteiger partial charge in [0.25, 0.3) is 11.8 Å². The lowest BCUT2D eigenvalue weighted by Gasteiger charge is -2.27. The van der Waals surface area contributed by atoms with Crippen molar-refractivity contribution in [3.63, 3.8) is 0 Å². The minimum Gasteiger partial charge on any atom is -0.349 e. The topological polar surface area (TPSA) is 53.9 Å². The summed E-state index contributed by atoms with van der Waals surface area (Å²) in [6.07, 6.45) is 0. The molecule has 2 N–H and O–H groups in total. The van der Waals surface area contributed by atoms with Gasteiger partial charge in [0.05, 0.1) is 7.05 Å². The second-order valence-corrected chi connectivity index (χ2v) is 5.89. The van der Waals surface area contributed by atoms with Crippen LogP contribution in [-0.2, 0) is 9.59 Å². The number of para-hydroxylation sites is 1. The van der Waals surface area contributed by atoms with Crippen LogP contribution in [0.15, 0.2) is 30.3 Å². The van der Waals surface area contributed by atoms with Crippen molar-refractivity contribution in [3.8, 4) is 0 Å². The summed E-state index contributed by atoms with van der Waals surface area (Å²) < 4.78 is 0. The summed E-state index contributed by atoms with van der Waals surface area (Å²) in [7, 11) is 1.88. The molecule has 0 aliphatic carbocycles. The smallest absolute Gasteiger partial charge is 0.284 e. The van der Waals surface area contributed by atoms with E-state index >= 15 is 0 Å². The van der Waals surface area contributed by atoms with Gasteiger partial charge in [0.2, 0.25) is 0 Å². The van der Waals surface area contributed by atoms with Gasteiger partial charge in [0, 0.05) is 18.3 Å². The molecule has 1 rings (SSSR count). The summed E-state index contributed by atoms with van der Waals surface area (Å²) in [6, 6.07) is 9.45. The quantitative estimate of drug-likeness (QED) is 0.769. The van der Waals surface area contributed by atoms with Gasteiger partial charge in [-0.3, -0.25) is 9.59 Å². The molecule has 0 aliphatic rings. The predicted octanol–water partition coefficient (Wildman–Crippen LogP) is 0.467. The second kappa shape index (κ2) is 8.54. The van der Waals surface area contributed by atoms with Crippen LogP contribution < -0.4 is 15.1 Å². The largest absolute Gasteiger partial charge is 0.349 e. The molecule has 5 heteroatoms. The zero-order chi connectivity index (χ0) is 16.7. The SMILES string of the molecule is CCN(C(=O)[C@H](C)[NH+](C)CC(=O)NC(C)C)c1ccccc1. The molecule has 1 unspecified atom stereocenters. The lowest BCUT2D eigenvalue weighted by molar-refractivity contribution is -0.885. The second-order valence-electron chi connectivity index (χ2n) is 5.89. The lowest BCUT2D eigenvalue weighted by Crippen LogP contribution is -3.15. The minimum atomic E-state index is -0.280. The van der Waals surface area contributed by atoms with E-state index in [1.54, 1.807) is 4.90 Å². The molecule has 0 saturated heterocycles. The summed E-state index contributed by atoms with van der Waals surface area (Å²) in [5.41, 5.74) is 0.890. The first-order valence-electron chi connectivity index (χ1n) is 7.84. The number of nitrogens with zero attached hydrogens (tertiary/aromatic N) is 1. The molecule has 0 aromatic heterocycles. The Morgan fingerprint density at radius 1 is 1.18 bits per heavy atom. The Labute approximate surface area is 133 Å². The molecule has 0 saturated carbocycles. The highest BCUT2D eigenvalue weighted by atomic mass is 16.2. The number of anilines is 1. The first-order valence-corrected chi connectivity index (χ1v) is 7.84. The number of amides is 2. The molecule has 2 amide bonds. The van der Waals surface area contributed by atoms with Crippen LogP contribution in [0.3, 0.4) is 0 Å². The normalized spacial score (nSPS) is 13.5. The molecule has 0 fully saturated rings. The molecule has 1 aromatic carbocycles. The number of carbonyl (C=O) groups excluding carboxylic acids is 2. The molecular weight excluding hydrogens is 278 g/mol. The maximum Gasteiger partial charge on any atom is 0.284 e. The van der Waals surface area contributed by atoms with Crippen molar-refractivity contribution in [3.05, 3.63) is 30.3 Å². The zero-order valence-corrected chi connectivity index (χ0v) is 14.2. The minimum absolute atomic E-state index is 0.0311. The number of benzene rings is 1. The van der Waals surface area contributed by atoms with Crippen molar-refractivity contribution in [1.29, 1.82) is 0 Å². The third-order valence-electron chi connectivity index (χ3n) is 3.65. The summed E-state index contributed by atoms with van der Waals surface area (Å²) in [4.78, 5) is 27.2. The van der Waals surface area contributed by atoms with Crippen LogP contribution in [0.2, 0.25) is 0 Å². The molecule has 22 heavy (non-hydrogen) atoms. The monoisotopic (exact) mass is 306 g/mol. The van der Waals surface area contributed by atoms with E-state index in [2.05, 4.69) is 5.32 Å². The van der Waals surface area contributed by atoms with Crippen molar-refractivity contribution in [1.82, 2.24) is 5.32 Å². The van der Waals surface area contributed by atoms with Crippen LogP contribution in [0.5, 0.6) is 0 Å². The fourth-order valence-corrected chi connectivity index (χ4v) is 2.30. The highest BCUT2D eigenvalue weighted by molar-refractivity contribution is 5.96. The van der Waals surface area contributed by atoms with E-state index < -0.39 is 0 Å². The van der Waals surface area contributed by atoms with Crippen LogP contribution in [0, 0.1) is 0 Å². The van der Waals surface area contributed by atoms with Gasteiger partial charge in [-0.05, 0) is 39.8 Å². The molecular formula is C17H28N3O2+. The van der Waals surface area contributed by atoms with E-state index in [-0.39, 0.29) is 30.4 Å². The van der Waals surface area contributed by atoms with Crippen molar-refractivity contribution in [2.45, 2.75) is 39.8 Å². The Morgan fingerprint density at radius 3 is 2.27 bits per heavy atom. The van der Waals surface area contributed by atoms with Crippen molar-refractivity contribution in [2.75, 3.05) is 25.0 Å². The molecule has 122 valence electrons. The maximum absolute atomic E-state index is 12.7. The number of nitrogens with one attached hydrogen (secondary N) is 2. The first kappa shape index (κ1) is 18.2. The number of hydrogen-bond donors (Lipinski definition) is 2. The molecule has 0 radical (unpaired) electrons. The first-order chi connectivity index (χ1) is 10.4. The summed E-state index contributed by atoms with van der Waals surface area (Å²) in [5, 5.41) is 2.86. The van der Waals surface area contributed by atoms with Gasteiger partial charge >= 0.3 is 0 Å². The summed E-state index contributed by atoms with van der Waals surface area (Å²) in [6.45, 7) is 8.58. The Bertz CT molecular complexity index is 488. The van der Waals surface area contributed by atoms with Gasteiger partial charge in [0.15, 0.2) is 12.6 Å². The van der Waals surface area contributed by atoms with Crippen molar-refractivity contribution < 1.29 is 14.5 Å². The van der Waals surface area contributed by atoms with Gasteiger partial charge < -0.3 is 15.1 Å². The fourth-order valence-electron chi connectivity index (χ4n) is 2.30. The zero-order valence-electron chi connectivity index (χ0n) is 14.2. The van der Waals surface area contributed by atoms with Crippen LogP contribution in [0.4, 0.5) is 5.69 Å². The van der Waals surface area contributed by atoms with E-state index in [0.717, 1.165) is 10.6 Å². The molecule has 0 bridgehead atoms. The number of rotatable bonds is 7. The average molecular weight is 306 g/mol. The van der Waals surface area contributed by atoms with E-state index in [4.69, 9.17) is 0 Å². The number of quaternary nitrogens is 1. The standard InChI is InChI=1S/C17H27N3O2/c1-6-20(15-10-8-7-9-11-15)17(22)14(4)19(5)12-16(21)18-13(2)3/h7-11,13-14H,6,12H2,1-5H3,(H,18,21)/p+1/t14-/m0/s1. The van der Waals surface area contributed by atoms with Crippen molar-refractivity contribution in [2.24, 2.45) is 0 Å². The molecule has 5 nitrogen and oxygen atoms in total. The molecule has 0 heterocycles. The Balaban J connectivity index is 2.72. The van der Waals surface area contributed by atoms with Gasteiger partial charge in [-0.2, -0.15) is 0 Å². The van der Waals surface area contributed by atoms with Gasteiger partial charge in [0.1, 0.15) is 0 Å². The van der Waals surface area contributed by atoms with Crippen molar-refractivity contribution >= 4 is 17.5 Å². The van der Waals surface area contributed by atoms with E-state index in [1.165, 1.54) is 0 Å². The highest BCUT2D eigenvalue weighted by Gasteiger charge is 2.28. The van der Waals surface area contributed by atoms with Gasteiger partial charge in [-0.15, -0.1) is 0 Å². The Hall–Kier alpha value is -1.88. The Morgan fingerprint density at radius 2 is 1.77 bits per heavy atom. The highest BCUT2D eigenvalue weighted by Crippen LogP contribution is 2.13. The molecule has 0 aliphatic heterocycles. The van der Waals surface area contributed by atoms with Gasteiger partial charge in [-0.1, -0.05) is 18.2 Å². The third kappa shape index (κ3) is 5.15. The number of hydrogen-bond acceptors (Lipinski definition) is 2. The van der Waals surface area contributed by atoms with Crippen LogP contribution in [0.25, 0.3) is 0 Å². The fraction of sp³-hybridized carbons (Fsp3) is 0.529. The summed E-state index contributed by atoms with van der Waals surface area (Å²) in [5.74, 6) is -0.00143. The molecule has 2 atom stereocenters. The van der Waals surface area contributed by atoms with Crippen LogP contribution >= 0.6 is 0 Å². The Kier molecular flexibility index (Phi) is 7.05. The van der Waals surface area contributed by atoms with E-state index in [9.17, 15) is 9.59 Å². The molecule has 0 spiro atoms. The third-order valence-corrected chi connectivity index (χ3v) is 3.65. The van der Waals surface area contributed by atoms with E-state index in [1.807, 2.05) is 65.1 Å². The van der Waals surface area contributed by atoms with Gasteiger partial charge in [-0.25, -0.2) is 0 Å². The molecule has 1 aromatic rings. The van der Waals surface area contributed by atoms with Crippen LogP contribution in [0.1, 0.15) is 27.7 Å². The van der Waals surface area contributed by atoms with Crippen LogP contribution in [-0.4, -0.2) is 44.0 Å². The predicted molar refractivity (Wildman–Crippen MR) is 89.0 cm³/mol. The number of likely N-dealkylation sites (N-methyl/N-ethyl adjacent to an activating group) is 2. The lowest BCUT2D eigenvalue weighted by atomic mass is 10.2. The number of carbonyl (C=O) groups is 2. The maximum atomic E-state index is 12.7. The summed E-state index contributed by atoms with van der Waals surface area (Å²) >= 11 is 0. The van der Waals surface area contributed by atoms with E-state index in [0.29, 0.717) is 6.54 Å².